The quantitative estimate of drug-likeness (QED) is 0.682. The van der Waals surface area contributed by atoms with Gasteiger partial charge >= 0.3 is 0 Å². The van der Waals surface area contributed by atoms with Gasteiger partial charge in [-0.1, -0.05) is 0 Å². The van der Waals surface area contributed by atoms with Crippen molar-refractivity contribution in [1.29, 1.82) is 0 Å². The summed E-state index contributed by atoms with van der Waals surface area (Å²) in [4.78, 5) is 13.7. The molecular formula is C11H20N2O. The van der Waals surface area contributed by atoms with E-state index in [1.54, 1.807) is 0 Å². The minimum absolute atomic E-state index is 0.169. The Balaban J connectivity index is 1.92. The van der Waals surface area contributed by atoms with Crippen molar-refractivity contribution in [3.8, 4) is 0 Å². The van der Waals surface area contributed by atoms with E-state index in [1.807, 2.05) is 0 Å². The molecule has 0 atom stereocenters. The fraction of sp³-hybridized carbons (Fsp3) is 0.909. The van der Waals surface area contributed by atoms with E-state index >= 15 is 0 Å². The van der Waals surface area contributed by atoms with Gasteiger partial charge in [-0.15, -0.1) is 0 Å². The van der Waals surface area contributed by atoms with Crippen molar-refractivity contribution in [2.45, 2.75) is 51.1 Å². The average Bonchev–Trinajstić information content (AvgIpc) is 2.48. The monoisotopic (exact) mass is 196 g/mol. The lowest BCUT2D eigenvalue weighted by atomic mass is 9.86. The third kappa shape index (κ3) is 1.78. The highest BCUT2D eigenvalue weighted by molar-refractivity contribution is 5.79. The Bertz CT molecular complexity index is 229. The van der Waals surface area contributed by atoms with Crippen LogP contribution in [0.15, 0.2) is 0 Å². The molecule has 2 saturated heterocycles. The van der Waals surface area contributed by atoms with E-state index in [0.29, 0.717) is 6.04 Å². The third-order valence-corrected chi connectivity index (χ3v) is 3.72. The summed E-state index contributed by atoms with van der Waals surface area (Å²) in [5, 5.41) is 3.16. The predicted octanol–water partition coefficient (Wildman–Crippen LogP) is 1.14. The first-order valence-corrected chi connectivity index (χ1v) is 5.66. The van der Waals surface area contributed by atoms with Crippen LogP contribution in [-0.4, -0.2) is 35.5 Å². The summed E-state index contributed by atoms with van der Waals surface area (Å²) in [7, 11) is 0. The van der Waals surface area contributed by atoms with Crippen molar-refractivity contribution in [3.63, 3.8) is 0 Å². The Hall–Kier alpha value is -0.570. The summed E-state index contributed by atoms with van der Waals surface area (Å²) in [5.41, 5.74) is 0.169. The van der Waals surface area contributed by atoms with Crippen molar-refractivity contribution >= 4 is 5.91 Å². The number of likely N-dealkylation sites (tertiary alicyclic amines) is 1. The summed E-state index contributed by atoms with van der Waals surface area (Å²) < 4.78 is 0. The highest BCUT2D eigenvalue weighted by atomic mass is 16.2. The molecule has 0 aromatic rings. The molecule has 0 saturated carbocycles. The lowest BCUT2D eigenvalue weighted by Gasteiger charge is -2.40. The van der Waals surface area contributed by atoms with Gasteiger partial charge < -0.3 is 10.2 Å². The molecular weight excluding hydrogens is 176 g/mol. The van der Waals surface area contributed by atoms with Gasteiger partial charge in [-0.25, -0.2) is 0 Å². The van der Waals surface area contributed by atoms with Gasteiger partial charge in [-0.3, -0.25) is 4.79 Å². The molecule has 2 rings (SSSR count). The van der Waals surface area contributed by atoms with Gasteiger partial charge in [0.2, 0.25) is 5.91 Å². The van der Waals surface area contributed by atoms with Crippen molar-refractivity contribution in [2.75, 3.05) is 13.1 Å². The Kier molecular flexibility index (Phi) is 2.52. The first-order chi connectivity index (χ1) is 6.61. The molecule has 1 spiro atoms. The zero-order valence-electron chi connectivity index (χ0n) is 9.18. The highest BCUT2D eigenvalue weighted by Crippen LogP contribution is 2.31. The van der Waals surface area contributed by atoms with E-state index < -0.39 is 0 Å². The van der Waals surface area contributed by atoms with Gasteiger partial charge in [0, 0.05) is 31.1 Å². The van der Waals surface area contributed by atoms with Crippen LogP contribution in [0.1, 0.15) is 39.5 Å². The molecule has 80 valence electrons. The molecule has 0 bridgehead atoms. The van der Waals surface area contributed by atoms with E-state index in [9.17, 15) is 4.79 Å². The molecule has 0 aromatic heterocycles. The molecule has 1 N–H and O–H groups in total. The molecule has 0 aliphatic carbocycles. The van der Waals surface area contributed by atoms with Crippen molar-refractivity contribution < 1.29 is 4.79 Å². The number of piperidine rings is 1. The van der Waals surface area contributed by atoms with Crippen molar-refractivity contribution in [2.24, 2.45) is 0 Å². The summed E-state index contributed by atoms with van der Waals surface area (Å²) in [6.45, 7) is 6.76. The summed E-state index contributed by atoms with van der Waals surface area (Å²) >= 11 is 0. The molecule has 0 unspecified atom stereocenters. The van der Waals surface area contributed by atoms with Crippen LogP contribution in [0.4, 0.5) is 0 Å². The van der Waals surface area contributed by atoms with Gasteiger partial charge in [-0.2, -0.15) is 0 Å². The summed E-state index contributed by atoms with van der Waals surface area (Å²) in [5.74, 6) is 0.253. The van der Waals surface area contributed by atoms with Crippen LogP contribution in [0.5, 0.6) is 0 Å². The first kappa shape index (κ1) is 9.97. The number of amides is 1. The second-order valence-corrected chi connectivity index (χ2v) is 4.96. The number of carbonyl (C=O) groups is 1. The molecule has 2 heterocycles. The Morgan fingerprint density at radius 1 is 1.29 bits per heavy atom. The van der Waals surface area contributed by atoms with Crippen LogP contribution in [0.3, 0.4) is 0 Å². The zero-order chi connectivity index (χ0) is 10.2. The van der Waals surface area contributed by atoms with Gasteiger partial charge in [0.1, 0.15) is 0 Å². The smallest absolute Gasteiger partial charge is 0.220 e. The van der Waals surface area contributed by atoms with Gasteiger partial charge in [0.25, 0.3) is 0 Å². The minimum Gasteiger partial charge on any atom is -0.351 e. The molecule has 2 fully saturated rings. The minimum atomic E-state index is 0.169. The average molecular weight is 196 g/mol. The van der Waals surface area contributed by atoms with Crippen LogP contribution in [-0.2, 0) is 4.79 Å². The van der Waals surface area contributed by atoms with E-state index in [1.165, 1.54) is 0 Å². The Morgan fingerprint density at radius 3 is 2.36 bits per heavy atom. The number of nitrogens with one attached hydrogen (secondary N) is 1. The molecule has 14 heavy (non-hydrogen) atoms. The lowest BCUT2D eigenvalue weighted by Crippen LogP contribution is -2.52. The van der Waals surface area contributed by atoms with Gasteiger partial charge in [0.05, 0.1) is 0 Å². The van der Waals surface area contributed by atoms with Crippen molar-refractivity contribution in [1.82, 2.24) is 10.2 Å². The largest absolute Gasteiger partial charge is 0.351 e. The van der Waals surface area contributed by atoms with E-state index in [4.69, 9.17) is 0 Å². The maximum Gasteiger partial charge on any atom is 0.220 e. The standard InChI is InChI=1S/C11H20N2O/c1-9(2)13-7-5-11(6-8-13)4-3-10(14)12-11/h9H,3-8H2,1-2H3,(H,12,14). The van der Waals surface area contributed by atoms with E-state index in [0.717, 1.165) is 38.8 Å². The van der Waals surface area contributed by atoms with E-state index in [2.05, 4.69) is 24.1 Å². The van der Waals surface area contributed by atoms with Crippen LogP contribution < -0.4 is 5.32 Å². The van der Waals surface area contributed by atoms with Crippen LogP contribution in [0, 0.1) is 0 Å². The van der Waals surface area contributed by atoms with Crippen LogP contribution in [0.25, 0.3) is 0 Å². The van der Waals surface area contributed by atoms with Crippen molar-refractivity contribution in [3.05, 3.63) is 0 Å². The molecule has 2 aliphatic rings. The second-order valence-electron chi connectivity index (χ2n) is 4.96. The zero-order valence-corrected chi connectivity index (χ0v) is 9.18. The Morgan fingerprint density at radius 2 is 1.93 bits per heavy atom. The highest BCUT2D eigenvalue weighted by Gasteiger charge is 2.40. The fourth-order valence-corrected chi connectivity index (χ4v) is 2.62. The lowest BCUT2D eigenvalue weighted by molar-refractivity contribution is -0.120. The third-order valence-electron chi connectivity index (χ3n) is 3.72. The number of hydrogen-bond acceptors (Lipinski definition) is 2. The predicted molar refractivity (Wildman–Crippen MR) is 56.1 cm³/mol. The topological polar surface area (TPSA) is 32.3 Å². The maximum absolute atomic E-state index is 11.2. The SMILES string of the molecule is CC(C)N1CCC2(CCC(=O)N2)CC1. The number of hydrogen-bond donors (Lipinski definition) is 1. The molecule has 1 amide bonds. The summed E-state index contributed by atoms with van der Waals surface area (Å²) in [6, 6.07) is 0.643. The van der Waals surface area contributed by atoms with Gasteiger partial charge in [-0.05, 0) is 33.1 Å². The Labute approximate surface area is 85.8 Å². The molecule has 3 nitrogen and oxygen atoms in total. The first-order valence-electron chi connectivity index (χ1n) is 5.66. The number of carbonyl (C=O) groups excluding carboxylic acids is 1. The molecule has 0 aromatic carbocycles. The number of nitrogens with zero attached hydrogens (tertiary/aromatic N) is 1. The van der Waals surface area contributed by atoms with Crippen LogP contribution in [0.2, 0.25) is 0 Å². The second kappa shape index (κ2) is 3.54. The molecule has 3 heteroatoms. The van der Waals surface area contributed by atoms with Crippen LogP contribution >= 0.6 is 0 Å². The van der Waals surface area contributed by atoms with E-state index in [-0.39, 0.29) is 11.4 Å². The van der Waals surface area contributed by atoms with Gasteiger partial charge in [0.15, 0.2) is 0 Å². The number of rotatable bonds is 1. The molecule has 0 radical (unpaired) electrons. The fourth-order valence-electron chi connectivity index (χ4n) is 2.62. The maximum atomic E-state index is 11.2. The normalized spacial score (nSPS) is 27.2. The summed E-state index contributed by atoms with van der Waals surface area (Å²) in [6.07, 6.45) is 4.06. The molecule has 2 aliphatic heterocycles.